The van der Waals surface area contributed by atoms with Gasteiger partial charge in [0.2, 0.25) is 5.91 Å². The van der Waals surface area contributed by atoms with Crippen LogP contribution in [0.3, 0.4) is 0 Å². The first kappa shape index (κ1) is 26.2. The number of H-pyrrole nitrogens is 1. The number of fused-ring (bicyclic) bond motifs is 5. The van der Waals surface area contributed by atoms with Gasteiger partial charge in [0.25, 0.3) is 5.91 Å². The first-order valence-electron chi connectivity index (χ1n) is 13.2. The number of amides is 2. The molecule has 2 atom stereocenters. The number of benzene rings is 3. The third-order valence-electron chi connectivity index (χ3n) is 8.12. The van der Waals surface area contributed by atoms with Crippen LogP contribution in [-0.2, 0) is 21.7 Å². The number of nitrogens with one attached hydrogen (secondary N) is 1. The molecule has 1 N–H and O–H groups in total. The van der Waals surface area contributed by atoms with Crippen LogP contribution in [-0.4, -0.2) is 53.4 Å². The summed E-state index contributed by atoms with van der Waals surface area (Å²) in [5.41, 5.74) is 2.15. The van der Waals surface area contributed by atoms with Crippen molar-refractivity contribution in [2.45, 2.75) is 31.8 Å². The number of aromatic nitrogens is 1. The minimum absolute atomic E-state index is 0.108. The maximum atomic E-state index is 14.7. The Bertz CT molecular complexity index is 1630. The van der Waals surface area contributed by atoms with Gasteiger partial charge >= 0.3 is 0 Å². The smallest absolute Gasteiger partial charge is 0.255 e. The first-order valence-corrected chi connectivity index (χ1v) is 13.6. The zero-order chi connectivity index (χ0) is 28.2. The van der Waals surface area contributed by atoms with E-state index in [1.165, 1.54) is 17.0 Å². The molecule has 0 bridgehead atoms. The van der Waals surface area contributed by atoms with Crippen molar-refractivity contribution in [3.63, 3.8) is 0 Å². The normalized spacial score (nSPS) is 20.5. The number of halogens is 2. The number of nitrogens with zero attached hydrogens (tertiary/aromatic N) is 2. The summed E-state index contributed by atoms with van der Waals surface area (Å²) in [7, 11) is 1.60. The molecule has 0 radical (unpaired) electrons. The van der Waals surface area contributed by atoms with Gasteiger partial charge in [-0.05, 0) is 43.7 Å². The number of carbonyl (C=O) groups excluding carboxylic acids is 2. The van der Waals surface area contributed by atoms with Crippen molar-refractivity contribution < 1.29 is 23.5 Å². The molecule has 1 fully saturated rings. The zero-order valence-corrected chi connectivity index (χ0v) is 23.2. The molecule has 3 heterocycles. The summed E-state index contributed by atoms with van der Waals surface area (Å²) in [6.07, 6.45) is 0. The number of hydrogen-bond acceptors (Lipinski definition) is 4. The molecule has 0 aliphatic carbocycles. The highest BCUT2D eigenvalue weighted by Gasteiger charge is 2.56. The van der Waals surface area contributed by atoms with Gasteiger partial charge in [0.15, 0.2) is 17.0 Å². The third-order valence-corrected chi connectivity index (χ3v) is 8.48. The first-order chi connectivity index (χ1) is 19.3. The van der Waals surface area contributed by atoms with E-state index in [0.29, 0.717) is 23.8 Å². The topological polar surface area (TPSA) is 74.9 Å². The van der Waals surface area contributed by atoms with Crippen LogP contribution in [0.4, 0.5) is 4.39 Å². The zero-order valence-electron chi connectivity index (χ0n) is 22.5. The van der Waals surface area contributed by atoms with Crippen LogP contribution < -0.4 is 9.47 Å². The lowest BCUT2D eigenvalue weighted by atomic mass is 9.76. The van der Waals surface area contributed by atoms with Gasteiger partial charge < -0.3 is 24.3 Å². The maximum Gasteiger partial charge on any atom is 0.255 e. The second-order valence-corrected chi connectivity index (χ2v) is 10.7. The van der Waals surface area contributed by atoms with Crippen LogP contribution in [0.2, 0.25) is 5.02 Å². The van der Waals surface area contributed by atoms with Crippen molar-refractivity contribution in [3.8, 4) is 11.5 Å². The molecular weight excluding hydrogens is 533 g/mol. The fourth-order valence-electron chi connectivity index (χ4n) is 6.23. The molecule has 7 nitrogen and oxygen atoms in total. The summed E-state index contributed by atoms with van der Waals surface area (Å²) >= 11 is 6.29. The van der Waals surface area contributed by atoms with Crippen molar-refractivity contribution in [1.82, 2.24) is 14.8 Å². The van der Waals surface area contributed by atoms with Gasteiger partial charge in [-0.15, -0.1) is 0 Å². The second-order valence-electron chi connectivity index (χ2n) is 10.3. The predicted octanol–water partition coefficient (Wildman–Crippen LogP) is 5.60. The number of hydrogen-bond donors (Lipinski definition) is 1. The van der Waals surface area contributed by atoms with E-state index in [2.05, 4.69) is 4.98 Å². The standard InChI is InChI=1S/C31H29ClFN3O4/c1-4-40-28-18(10-7-14-25(28)39-3)20-16-36-26(37)17-35(15-21-22(32)11-8-12-23(21)33)30(38)31(36,2)29-27(20)19-9-5-6-13-24(19)34-29/h5-14,20,34H,4,15-17H2,1-3H3/t20?,31-/m0/s1. The average Bonchev–Trinajstić information content (AvgIpc) is 3.35. The van der Waals surface area contributed by atoms with Gasteiger partial charge in [0, 0.05) is 39.5 Å². The number of ether oxygens (including phenoxy) is 2. The fourth-order valence-corrected chi connectivity index (χ4v) is 6.45. The predicted molar refractivity (Wildman–Crippen MR) is 150 cm³/mol. The molecule has 2 aliphatic heterocycles. The van der Waals surface area contributed by atoms with E-state index >= 15 is 0 Å². The Morgan fingerprint density at radius 2 is 1.88 bits per heavy atom. The van der Waals surface area contributed by atoms with E-state index in [9.17, 15) is 14.0 Å². The van der Waals surface area contributed by atoms with Gasteiger partial charge in [0.05, 0.1) is 26.0 Å². The molecule has 0 spiro atoms. The van der Waals surface area contributed by atoms with E-state index in [0.717, 1.165) is 22.0 Å². The Kier molecular flexibility index (Phi) is 6.45. The Balaban J connectivity index is 1.53. The second kappa shape index (κ2) is 9.86. The SMILES string of the molecule is CCOc1c(OC)cccc1C1CN2C(=O)CN(Cc3c(F)cccc3Cl)C(=O)[C@]2(C)c2[nH]c3ccccc3c21. The molecule has 3 aromatic carbocycles. The van der Waals surface area contributed by atoms with Crippen molar-refractivity contribution >= 4 is 34.3 Å². The van der Waals surface area contributed by atoms with Gasteiger partial charge in [-0.25, -0.2) is 4.39 Å². The summed E-state index contributed by atoms with van der Waals surface area (Å²) in [5.74, 6) is -0.123. The van der Waals surface area contributed by atoms with Gasteiger partial charge in [0.1, 0.15) is 12.4 Å². The Morgan fingerprint density at radius 1 is 1.10 bits per heavy atom. The highest BCUT2D eigenvalue weighted by atomic mass is 35.5. The van der Waals surface area contributed by atoms with E-state index in [4.69, 9.17) is 21.1 Å². The number of para-hydroxylation sites is 2. The third kappa shape index (κ3) is 3.84. The van der Waals surface area contributed by atoms with Crippen LogP contribution in [0.25, 0.3) is 10.9 Å². The van der Waals surface area contributed by atoms with Crippen molar-refractivity contribution in [2.75, 3.05) is 26.8 Å². The van der Waals surface area contributed by atoms with E-state index in [1.54, 1.807) is 25.0 Å². The lowest BCUT2D eigenvalue weighted by molar-refractivity contribution is -0.167. The van der Waals surface area contributed by atoms with Crippen LogP contribution >= 0.6 is 11.6 Å². The van der Waals surface area contributed by atoms with Crippen LogP contribution in [0, 0.1) is 5.82 Å². The molecule has 6 rings (SSSR count). The van der Waals surface area contributed by atoms with Crippen LogP contribution in [0.15, 0.2) is 60.7 Å². The maximum absolute atomic E-state index is 14.7. The largest absolute Gasteiger partial charge is 0.493 e. The molecule has 2 amide bonds. The lowest BCUT2D eigenvalue weighted by Crippen LogP contribution is -2.67. The number of rotatable bonds is 6. The summed E-state index contributed by atoms with van der Waals surface area (Å²) < 4.78 is 26.4. The Hall–Kier alpha value is -4.04. The number of methoxy groups -OCH3 is 1. The molecule has 1 unspecified atom stereocenters. The highest BCUT2D eigenvalue weighted by Crippen LogP contribution is 2.50. The minimum Gasteiger partial charge on any atom is -0.493 e. The molecule has 0 saturated carbocycles. The van der Waals surface area contributed by atoms with Gasteiger partial charge in [-0.3, -0.25) is 9.59 Å². The molecule has 40 heavy (non-hydrogen) atoms. The molecule has 9 heteroatoms. The molecule has 4 aromatic rings. The lowest BCUT2D eigenvalue weighted by Gasteiger charge is -2.51. The quantitative estimate of drug-likeness (QED) is 0.332. The molecule has 2 aliphatic rings. The number of carbonyl (C=O) groups is 2. The van der Waals surface area contributed by atoms with Crippen molar-refractivity contribution in [2.24, 2.45) is 0 Å². The van der Waals surface area contributed by atoms with Crippen molar-refractivity contribution in [1.29, 1.82) is 0 Å². The highest BCUT2D eigenvalue weighted by molar-refractivity contribution is 6.31. The fraction of sp³-hybridized carbons (Fsp3) is 0.290. The van der Waals surface area contributed by atoms with Crippen LogP contribution in [0.1, 0.15) is 42.1 Å². The summed E-state index contributed by atoms with van der Waals surface area (Å²) in [5, 5.41) is 1.17. The Morgan fingerprint density at radius 3 is 2.62 bits per heavy atom. The monoisotopic (exact) mass is 561 g/mol. The number of piperazine rings is 1. The minimum atomic E-state index is -1.33. The molecule has 1 aromatic heterocycles. The molecule has 1 saturated heterocycles. The average molecular weight is 562 g/mol. The Labute approximate surface area is 236 Å². The number of aromatic amines is 1. The summed E-state index contributed by atoms with van der Waals surface area (Å²) in [6, 6.07) is 18.0. The molecule has 206 valence electrons. The van der Waals surface area contributed by atoms with Gasteiger partial charge in [-0.1, -0.05) is 48.0 Å². The van der Waals surface area contributed by atoms with Gasteiger partial charge in [-0.2, -0.15) is 0 Å². The summed E-state index contributed by atoms with van der Waals surface area (Å²) in [4.78, 5) is 34.7. The molecular formula is C31H29ClFN3O4. The van der Waals surface area contributed by atoms with Crippen molar-refractivity contribution in [3.05, 3.63) is 93.9 Å². The van der Waals surface area contributed by atoms with E-state index in [-0.39, 0.29) is 48.0 Å². The van der Waals surface area contributed by atoms with E-state index in [1.807, 2.05) is 49.4 Å². The van der Waals surface area contributed by atoms with Crippen LogP contribution in [0.5, 0.6) is 11.5 Å². The van der Waals surface area contributed by atoms with E-state index < -0.39 is 11.4 Å². The summed E-state index contributed by atoms with van der Waals surface area (Å²) in [6.45, 7) is 4.09.